The minimum absolute atomic E-state index is 0.731. The Balaban J connectivity index is 1.95. The van der Waals surface area contributed by atoms with E-state index in [9.17, 15) is 0 Å². The molecule has 1 saturated carbocycles. The molecule has 2 nitrogen and oxygen atoms in total. The van der Waals surface area contributed by atoms with Crippen molar-refractivity contribution >= 4 is 0 Å². The number of hydrogen-bond donors (Lipinski definition) is 0. The molecule has 0 spiro atoms. The van der Waals surface area contributed by atoms with E-state index in [2.05, 4.69) is 13.0 Å². The maximum Gasteiger partial charge on any atom is 0.161 e. The van der Waals surface area contributed by atoms with Crippen LogP contribution in [0.25, 0.3) is 0 Å². The Morgan fingerprint density at radius 3 is 2.59 bits per heavy atom. The molecular formula is C15H22O2. The SMILES string of the molecule is COc1ccc(C)cc1OCC1CCCCC1. The van der Waals surface area contributed by atoms with Crippen molar-refractivity contribution in [3.05, 3.63) is 23.8 Å². The number of benzene rings is 1. The zero-order valence-electron chi connectivity index (χ0n) is 10.9. The van der Waals surface area contributed by atoms with Crippen molar-refractivity contribution in [3.63, 3.8) is 0 Å². The van der Waals surface area contributed by atoms with Gasteiger partial charge in [-0.15, -0.1) is 0 Å². The van der Waals surface area contributed by atoms with Crippen LogP contribution in [0.3, 0.4) is 0 Å². The third-order valence-corrected chi connectivity index (χ3v) is 3.52. The molecule has 1 aromatic carbocycles. The highest BCUT2D eigenvalue weighted by Crippen LogP contribution is 2.30. The molecule has 2 rings (SSSR count). The Morgan fingerprint density at radius 2 is 1.88 bits per heavy atom. The maximum absolute atomic E-state index is 5.92. The van der Waals surface area contributed by atoms with Gasteiger partial charge in [0, 0.05) is 0 Å². The zero-order valence-corrected chi connectivity index (χ0v) is 10.9. The summed E-state index contributed by atoms with van der Waals surface area (Å²) in [4.78, 5) is 0. The van der Waals surface area contributed by atoms with Gasteiger partial charge in [-0.2, -0.15) is 0 Å². The highest BCUT2D eigenvalue weighted by atomic mass is 16.5. The summed E-state index contributed by atoms with van der Waals surface area (Å²) in [5.41, 5.74) is 1.21. The molecule has 0 unspecified atom stereocenters. The molecule has 1 aromatic rings. The van der Waals surface area contributed by atoms with Crippen molar-refractivity contribution in [2.24, 2.45) is 5.92 Å². The van der Waals surface area contributed by atoms with Crippen LogP contribution in [-0.2, 0) is 0 Å². The molecule has 0 aliphatic heterocycles. The average Bonchev–Trinajstić information content (AvgIpc) is 2.38. The molecule has 1 aliphatic carbocycles. The van der Waals surface area contributed by atoms with E-state index in [1.54, 1.807) is 7.11 Å². The molecule has 0 atom stereocenters. The Labute approximate surface area is 104 Å². The summed E-state index contributed by atoms with van der Waals surface area (Å²) in [7, 11) is 1.69. The summed E-state index contributed by atoms with van der Waals surface area (Å²) < 4.78 is 11.2. The van der Waals surface area contributed by atoms with Gasteiger partial charge in [-0.25, -0.2) is 0 Å². The molecule has 0 N–H and O–H groups in total. The van der Waals surface area contributed by atoms with E-state index >= 15 is 0 Å². The van der Waals surface area contributed by atoms with Gasteiger partial charge in [0.1, 0.15) is 0 Å². The fraction of sp³-hybridized carbons (Fsp3) is 0.600. The van der Waals surface area contributed by atoms with Gasteiger partial charge in [-0.3, -0.25) is 0 Å². The quantitative estimate of drug-likeness (QED) is 0.785. The number of ether oxygens (including phenoxy) is 2. The lowest BCUT2D eigenvalue weighted by molar-refractivity contribution is 0.202. The summed E-state index contributed by atoms with van der Waals surface area (Å²) in [5, 5.41) is 0. The second-order valence-corrected chi connectivity index (χ2v) is 4.97. The van der Waals surface area contributed by atoms with Gasteiger partial charge in [0.25, 0.3) is 0 Å². The highest BCUT2D eigenvalue weighted by molar-refractivity contribution is 5.42. The summed E-state index contributed by atoms with van der Waals surface area (Å²) in [6.07, 6.45) is 6.74. The van der Waals surface area contributed by atoms with Crippen molar-refractivity contribution in [1.29, 1.82) is 0 Å². The molecular weight excluding hydrogens is 212 g/mol. The molecule has 0 heterocycles. The number of hydrogen-bond acceptors (Lipinski definition) is 2. The largest absolute Gasteiger partial charge is 0.493 e. The Bertz CT molecular complexity index is 354. The topological polar surface area (TPSA) is 18.5 Å². The molecule has 0 aromatic heterocycles. The van der Waals surface area contributed by atoms with E-state index in [1.165, 1.54) is 37.7 Å². The van der Waals surface area contributed by atoms with Crippen molar-refractivity contribution in [2.75, 3.05) is 13.7 Å². The number of methoxy groups -OCH3 is 1. The lowest BCUT2D eigenvalue weighted by atomic mass is 9.90. The zero-order chi connectivity index (χ0) is 12.1. The maximum atomic E-state index is 5.92. The van der Waals surface area contributed by atoms with Gasteiger partial charge in [-0.1, -0.05) is 25.3 Å². The first kappa shape index (κ1) is 12.3. The van der Waals surface area contributed by atoms with Crippen LogP contribution in [0.5, 0.6) is 11.5 Å². The molecule has 0 saturated heterocycles. The van der Waals surface area contributed by atoms with Crippen LogP contribution in [0, 0.1) is 12.8 Å². The van der Waals surface area contributed by atoms with Crippen LogP contribution in [0.2, 0.25) is 0 Å². The number of aryl methyl sites for hydroxylation is 1. The lowest BCUT2D eigenvalue weighted by Crippen LogP contribution is -2.15. The molecule has 94 valence electrons. The van der Waals surface area contributed by atoms with Crippen molar-refractivity contribution < 1.29 is 9.47 Å². The van der Waals surface area contributed by atoms with Gasteiger partial charge in [0.05, 0.1) is 13.7 Å². The first-order valence-corrected chi connectivity index (χ1v) is 6.57. The molecule has 1 fully saturated rings. The summed E-state index contributed by atoms with van der Waals surface area (Å²) in [5.74, 6) is 2.46. The molecule has 17 heavy (non-hydrogen) atoms. The van der Waals surface area contributed by atoms with E-state index in [4.69, 9.17) is 9.47 Å². The van der Waals surface area contributed by atoms with E-state index in [1.807, 2.05) is 12.1 Å². The van der Waals surface area contributed by atoms with Crippen molar-refractivity contribution in [2.45, 2.75) is 39.0 Å². The minimum Gasteiger partial charge on any atom is -0.493 e. The molecule has 0 bridgehead atoms. The van der Waals surface area contributed by atoms with Crippen LogP contribution >= 0.6 is 0 Å². The normalized spacial score (nSPS) is 16.8. The van der Waals surface area contributed by atoms with Crippen molar-refractivity contribution in [3.8, 4) is 11.5 Å². The van der Waals surface area contributed by atoms with Gasteiger partial charge < -0.3 is 9.47 Å². The standard InChI is InChI=1S/C15H22O2/c1-12-8-9-14(16-2)15(10-12)17-11-13-6-4-3-5-7-13/h8-10,13H,3-7,11H2,1-2H3. The molecule has 0 amide bonds. The average molecular weight is 234 g/mol. The molecule has 2 heteroatoms. The van der Waals surface area contributed by atoms with Gasteiger partial charge in [0.15, 0.2) is 11.5 Å². The third-order valence-electron chi connectivity index (χ3n) is 3.52. The predicted molar refractivity (Wildman–Crippen MR) is 69.8 cm³/mol. The van der Waals surface area contributed by atoms with E-state index in [0.717, 1.165) is 24.0 Å². The Morgan fingerprint density at radius 1 is 1.12 bits per heavy atom. The van der Waals surface area contributed by atoms with Crippen LogP contribution in [0.15, 0.2) is 18.2 Å². The van der Waals surface area contributed by atoms with E-state index < -0.39 is 0 Å². The van der Waals surface area contributed by atoms with Gasteiger partial charge in [-0.05, 0) is 43.4 Å². The van der Waals surface area contributed by atoms with Crippen LogP contribution in [0.1, 0.15) is 37.7 Å². The fourth-order valence-corrected chi connectivity index (χ4v) is 2.46. The van der Waals surface area contributed by atoms with Crippen LogP contribution in [-0.4, -0.2) is 13.7 Å². The predicted octanol–water partition coefficient (Wildman–Crippen LogP) is 3.96. The Kier molecular flexibility index (Phi) is 4.29. The first-order valence-electron chi connectivity index (χ1n) is 6.57. The van der Waals surface area contributed by atoms with Crippen LogP contribution in [0.4, 0.5) is 0 Å². The monoisotopic (exact) mass is 234 g/mol. The van der Waals surface area contributed by atoms with Gasteiger partial charge >= 0.3 is 0 Å². The molecule has 1 aliphatic rings. The second kappa shape index (κ2) is 5.95. The van der Waals surface area contributed by atoms with E-state index in [0.29, 0.717) is 0 Å². The van der Waals surface area contributed by atoms with Crippen LogP contribution < -0.4 is 9.47 Å². The summed E-state index contributed by atoms with van der Waals surface area (Å²) in [6.45, 7) is 2.91. The number of rotatable bonds is 4. The summed E-state index contributed by atoms with van der Waals surface area (Å²) in [6, 6.07) is 6.08. The highest BCUT2D eigenvalue weighted by Gasteiger charge is 2.15. The third kappa shape index (κ3) is 3.39. The minimum atomic E-state index is 0.731. The lowest BCUT2D eigenvalue weighted by Gasteiger charge is -2.22. The molecule has 0 radical (unpaired) electrons. The van der Waals surface area contributed by atoms with Gasteiger partial charge in [0.2, 0.25) is 0 Å². The smallest absolute Gasteiger partial charge is 0.161 e. The Hall–Kier alpha value is -1.18. The summed E-state index contributed by atoms with van der Waals surface area (Å²) >= 11 is 0. The van der Waals surface area contributed by atoms with Crippen molar-refractivity contribution in [1.82, 2.24) is 0 Å². The first-order chi connectivity index (χ1) is 8.29. The second-order valence-electron chi connectivity index (χ2n) is 4.97. The van der Waals surface area contributed by atoms with E-state index in [-0.39, 0.29) is 0 Å². The fourth-order valence-electron chi connectivity index (χ4n) is 2.46.